The van der Waals surface area contributed by atoms with Crippen molar-refractivity contribution in [2.75, 3.05) is 13.6 Å². The van der Waals surface area contributed by atoms with Gasteiger partial charge in [-0.05, 0) is 40.2 Å². The molecule has 90 valence electrons. The van der Waals surface area contributed by atoms with Crippen LogP contribution in [0.25, 0.3) is 0 Å². The highest BCUT2D eigenvalue weighted by molar-refractivity contribution is 5.68. The van der Waals surface area contributed by atoms with Crippen molar-refractivity contribution in [2.45, 2.75) is 52.2 Å². The van der Waals surface area contributed by atoms with Gasteiger partial charge in [-0.2, -0.15) is 0 Å². The second-order valence-electron chi connectivity index (χ2n) is 4.73. The number of ether oxygens (including phenoxy) is 1. The van der Waals surface area contributed by atoms with Gasteiger partial charge in [0.2, 0.25) is 0 Å². The number of nitrogens with two attached hydrogens (primary N) is 1. The average molecular weight is 216 g/mol. The summed E-state index contributed by atoms with van der Waals surface area (Å²) in [6.45, 7) is 8.22. The van der Waals surface area contributed by atoms with Crippen LogP contribution in [0.3, 0.4) is 0 Å². The van der Waals surface area contributed by atoms with Gasteiger partial charge in [0, 0.05) is 13.1 Å². The molecule has 0 radical (unpaired) electrons. The molecule has 1 atom stereocenters. The van der Waals surface area contributed by atoms with Gasteiger partial charge in [-0.1, -0.05) is 6.92 Å². The zero-order chi connectivity index (χ0) is 12.1. The molecule has 4 heteroatoms. The molecule has 1 amide bonds. The fourth-order valence-corrected chi connectivity index (χ4v) is 1.35. The van der Waals surface area contributed by atoms with E-state index in [2.05, 4.69) is 0 Å². The maximum Gasteiger partial charge on any atom is 0.410 e. The first-order valence-corrected chi connectivity index (χ1v) is 5.47. The second-order valence-corrected chi connectivity index (χ2v) is 4.73. The third-order valence-electron chi connectivity index (χ3n) is 2.20. The highest BCUT2D eigenvalue weighted by Crippen LogP contribution is 2.13. The Morgan fingerprint density at radius 2 is 2.00 bits per heavy atom. The maximum absolute atomic E-state index is 11.7. The number of carbonyl (C=O) groups is 1. The van der Waals surface area contributed by atoms with Crippen LogP contribution in [-0.2, 0) is 4.74 Å². The highest BCUT2D eigenvalue weighted by atomic mass is 16.6. The Bertz CT molecular complexity index is 199. The van der Waals surface area contributed by atoms with Crippen LogP contribution in [0.1, 0.15) is 40.5 Å². The number of nitrogens with zero attached hydrogens (tertiary/aromatic N) is 1. The molecule has 1 unspecified atom stereocenters. The molecule has 0 saturated heterocycles. The van der Waals surface area contributed by atoms with E-state index in [0.29, 0.717) is 6.54 Å². The van der Waals surface area contributed by atoms with Crippen LogP contribution in [0.5, 0.6) is 0 Å². The number of amides is 1. The molecule has 0 aromatic heterocycles. The lowest BCUT2D eigenvalue weighted by Gasteiger charge is -2.30. The summed E-state index contributed by atoms with van der Waals surface area (Å²) in [6, 6.07) is 0.171. The van der Waals surface area contributed by atoms with Crippen molar-refractivity contribution in [1.82, 2.24) is 4.90 Å². The van der Waals surface area contributed by atoms with Gasteiger partial charge in [0.15, 0.2) is 0 Å². The van der Waals surface area contributed by atoms with E-state index >= 15 is 0 Å². The zero-order valence-corrected chi connectivity index (χ0v) is 10.5. The summed E-state index contributed by atoms with van der Waals surface area (Å²) in [6.07, 6.45) is 1.43. The number of carbonyl (C=O) groups excluding carboxylic acids is 1. The van der Waals surface area contributed by atoms with E-state index in [0.717, 1.165) is 12.8 Å². The van der Waals surface area contributed by atoms with E-state index in [1.807, 2.05) is 27.7 Å². The number of hydrogen-bond acceptors (Lipinski definition) is 3. The number of hydrogen-bond donors (Lipinski definition) is 1. The predicted molar refractivity (Wildman–Crippen MR) is 61.7 cm³/mol. The Balaban J connectivity index is 4.28. The summed E-state index contributed by atoms with van der Waals surface area (Å²) in [7, 11) is 1.76. The summed E-state index contributed by atoms with van der Waals surface area (Å²) in [5.74, 6) is 0. The Hall–Kier alpha value is -0.770. The van der Waals surface area contributed by atoms with Crippen molar-refractivity contribution in [2.24, 2.45) is 5.73 Å². The van der Waals surface area contributed by atoms with Gasteiger partial charge in [-0.25, -0.2) is 4.79 Å². The molecular formula is C11H24N2O2. The van der Waals surface area contributed by atoms with E-state index < -0.39 is 5.60 Å². The minimum Gasteiger partial charge on any atom is -0.444 e. The Morgan fingerprint density at radius 1 is 1.47 bits per heavy atom. The zero-order valence-electron chi connectivity index (χ0n) is 10.5. The van der Waals surface area contributed by atoms with Crippen LogP contribution in [0, 0.1) is 0 Å². The van der Waals surface area contributed by atoms with Crippen molar-refractivity contribution >= 4 is 6.09 Å². The molecule has 0 spiro atoms. The van der Waals surface area contributed by atoms with E-state index in [-0.39, 0.29) is 12.1 Å². The van der Waals surface area contributed by atoms with Crippen molar-refractivity contribution in [1.29, 1.82) is 0 Å². The molecule has 0 aromatic rings. The van der Waals surface area contributed by atoms with Gasteiger partial charge >= 0.3 is 6.09 Å². The van der Waals surface area contributed by atoms with Crippen molar-refractivity contribution in [3.8, 4) is 0 Å². The van der Waals surface area contributed by atoms with Gasteiger partial charge in [0.1, 0.15) is 5.60 Å². The highest BCUT2D eigenvalue weighted by Gasteiger charge is 2.23. The smallest absolute Gasteiger partial charge is 0.410 e. The molecule has 4 nitrogen and oxygen atoms in total. The van der Waals surface area contributed by atoms with E-state index in [1.165, 1.54) is 0 Å². The Morgan fingerprint density at radius 3 is 2.33 bits per heavy atom. The van der Waals surface area contributed by atoms with Crippen LogP contribution in [0.2, 0.25) is 0 Å². The standard InChI is InChI=1S/C11H24N2O2/c1-6-9(7-8-12)13(5)10(14)15-11(2,3)4/h9H,6-8,12H2,1-5H3. The van der Waals surface area contributed by atoms with E-state index in [1.54, 1.807) is 11.9 Å². The monoisotopic (exact) mass is 216 g/mol. The van der Waals surface area contributed by atoms with E-state index in [9.17, 15) is 4.79 Å². The first-order chi connectivity index (χ1) is 6.81. The molecule has 15 heavy (non-hydrogen) atoms. The lowest BCUT2D eigenvalue weighted by molar-refractivity contribution is 0.0213. The summed E-state index contributed by atoms with van der Waals surface area (Å²) in [5, 5.41) is 0. The molecule has 0 aliphatic rings. The molecular weight excluding hydrogens is 192 g/mol. The SMILES string of the molecule is CCC(CCN)N(C)C(=O)OC(C)(C)C. The number of rotatable bonds is 4. The van der Waals surface area contributed by atoms with Crippen LogP contribution >= 0.6 is 0 Å². The Labute approximate surface area is 92.8 Å². The normalized spacial score (nSPS) is 13.5. The van der Waals surface area contributed by atoms with E-state index in [4.69, 9.17) is 10.5 Å². The topological polar surface area (TPSA) is 55.6 Å². The molecule has 0 aromatic carbocycles. The molecule has 0 bridgehead atoms. The molecule has 0 fully saturated rings. The quantitative estimate of drug-likeness (QED) is 0.781. The van der Waals surface area contributed by atoms with Gasteiger partial charge < -0.3 is 15.4 Å². The van der Waals surface area contributed by atoms with Crippen LogP contribution in [-0.4, -0.2) is 36.2 Å². The van der Waals surface area contributed by atoms with Crippen LogP contribution < -0.4 is 5.73 Å². The van der Waals surface area contributed by atoms with Crippen LogP contribution in [0.15, 0.2) is 0 Å². The largest absolute Gasteiger partial charge is 0.444 e. The first-order valence-electron chi connectivity index (χ1n) is 5.47. The third kappa shape index (κ3) is 5.62. The molecule has 0 saturated carbocycles. The second kappa shape index (κ2) is 5.95. The average Bonchev–Trinajstić information content (AvgIpc) is 2.10. The third-order valence-corrected chi connectivity index (χ3v) is 2.20. The summed E-state index contributed by atoms with van der Waals surface area (Å²) in [4.78, 5) is 13.3. The van der Waals surface area contributed by atoms with Gasteiger partial charge in [-0.3, -0.25) is 0 Å². The van der Waals surface area contributed by atoms with Gasteiger partial charge in [-0.15, -0.1) is 0 Å². The molecule has 2 N–H and O–H groups in total. The lowest BCUT2D eigenvalue weighted by atomic mass is 10.1. The molecule has 0 heterocycles. The molecule has 0 aliphatic heterocycles. The fourth-order valence-electron chi connectivity index (χ4n) is 1.35. The summed E-state index contributed by atoms with van der Waals surface area (Å²) >= 11 is 0. The first kappa shape index (κ1) is 14.2. The molecule has 0 aliphatic carbocycles. The molecule has 0 rings (SSSR count). The summed E-state index contributed by atoms with van der Waals surface area (Å²) < 4.78 is 5.27. The lowest BCUT2D eigenvalue weighted by Crippen LogP contribution is -2.41. The predicted octanol–water partition coefficient (Wildman–Crippen LogP) is 1.98. The Kier molecular flexibility index (Phi) is 5.65. The van der Waals surface area contributed by atoms with Crippen molar-refractivity contribution in [3.63, 3.8) is 0 Å². The van der Waals surface area contributed by atoms with Crippen molar-refractivity contribution in [3.05, 3.63) is 0 Å². The van der Waals surface area contributed by atoms with Gasteiger partial charge in [0.05, 0.1) is 0 Å². The van der Waals surface area contributed by atoms with Gasteiger partial charge in [0.25, 0.3) is 0 Å². The maximum atomic E-state index is 11.7. The van der Waals surface area contributed by atoms with Crippen molar-refractivity contribution < 1.29 is 9.53 Å². The minimum absolute atomic E-state index is 0.171. The summed E-state index contributed by atoms with van der Waals surface area (Å²) in [5.41, 5.74) is 5.05. The van der Waals surface area contributed by atoms with Crippen LogP contribution in [0.4, 0.5) is 4.79 Å². The minimum atomic E-state index is -0.438. The fraction of sp³-hybridized carbons (Fsp3) is 0.909.